The number of hydrogen-bond acceptors (Lipinski definition) is 5. The third-order valence-electron chi connectivity index (χ3n) is 3.73. The molecule has 0 saturated carbocycles. The molecule has 2 N–H and O–H groups in total. The summed E-state index contributed by atoms with van der Waals surface area (Å²) >= 11 is 0. The van der Waals surface area contributed by atoms with E-state index in [0.29, 0.717) is 22.7 Å². The van der Waals surface area contributed by atoms with Crippen molar-refractivity contribution in [2.45, 2.75) is 19.9 Å². The highest BCUT2D eigenvalue weighted by Crippen LogP contribution is 2.17. The fourth-order valence-corrected chi connectivity index (χ4v) is 2.24. The Morgan fingerprint density at radius 2 is 1.80 bits per heavy atom. The number of nitrogens with zero attached hydrogens (tertiary/aromatic N) is 3. The van der Waals surface area contributed by atoms with Gasteiger partial charge in [0.05, 0.1) is 11.8 Å². The number of anilines is 2. The minimum absolute atomic E-state index is 0.212. The molecule has 3 rings (SSSR count). The molecule has 0 bridgehead atoms. The molecule has 0 aliphatic heterocycles. The van der Waals surface area contributed by atoms with Crippen molar-refractivity contribution in [2.75, 3.05) is 10.6 Å². The lowest BCUT2D eigenvalue weighted by molar-refractivity contribution is -0.119. The number of rotatable bonds is 5. The Morgan fingerprint density at radius 3 is 2.36 bits per heavy atom. The van der Waals surface area contributed by atoms with E-state index in [1.807, 2.05) is 0 Å². The number of hydrogen-bond donors (Lipinski definition) is 2. The summed E-state index contributed by atoms with van der Waals surface area (Å²) in [7, 11) is 0. The SMILES string of the molecule is Cc1occc1C(=O)Nc1ccc(NC(=O)C(C)n2cncn2)cc1. The Hall–Kier alpha value is -3.42. The van der Waals surface area contributed by atoms with Crippen LogP contribution in [0.5, 0.6) is 0 Å². The van der Waals surface area contributed by atoms with Crippen LogP contribution < -0.4 is 10.6 Å². The molecule has 0 aliphatic rings. The maximum Gasteiger partial charge on any atom is 0.259 e. The van der Waals surface area contributed by atoms with Crippen molar-refractivity contribution in [3.8, 4) is 0 Å². The summed E-state index contributed by atoms with van der Waals surface area (Å²) in [5.41, 5.74) is 1.72. The van der Waals surface area contributed by atoms with E-state index in [2.05, 4.69) is 20.7 Å². The van der Waals surface area contributed by atoms with Crippen LogP contribution in [0, 0.1) is 6.92 Å². The van der Waals surface area contributed by atoms with E-state index in [9.17, 15) is 9.59 Å². The van der Waals surface area contributed by atoms with E-state index in [0.717, 1.165) is 0 Å². The third kappa shape index (κ3) is 3.74. The zero-order chi connectivity index (χ0) is 17.8. The molecule has 0 aliphatic carbocycles. The monoisotopic (exact) mass is 339 g/mol. The van der Waals surface area contributed by atoms with Crippen LogP contribution in [0.15, 0.2) is 53.7 Å². The first kappa shape index (κ1) is 16.4. The van der Waals surface area contributed by atoms with Crippen LogP contribution in [0.4, 0.5) is 11.4 Å². The second-order valence-electron chi connectivity index (χ2n) is 5.46. The normalized spacial score (nSPS) is 11.8. The Bertz CT molecular complexity index is 868. The van der Waals surface area contributed by atoms with Crippen molar-refractivity contribution in [3.63, 3.8) is 0 Å². The number of aryl methyl sites for hydroxylation is 1. The average Bonchev–Trinajstić information content (AvgIpc) is 3.27. The third-order valence-corrected chi connectivity index (χ3v) is 3.73. The van der Waals surface area contributed by atoms with E-state index < -0.39 is 6.04 Å². The lowest BCUT2D eigenvalue weighted by atomic mass is 10.2. The van der Waals surface area contributed by atoms with Crippen molar-refractivity contribution in [1.82, 2.24) is 14.8 Å². The van der Waals surface area contributed by atoms with E-state index in [1.165, 1.54) is 23.6 Å². The standard InChI is InChI=1S/C17H17N5O3/c1-11(22-10-18-9-19-22)16(23)20-13-3-5-14(6-4-13)21-17(24)15-7-8-25-12(15)2/h3-11H,1-2H3,(H,20,23)(H,21,24). The van der Waals surface area contributed by atoms with Crippen LogP contribution in [0.2, 0.25) is 0 Å². The molecular weight excluding hydrogens is 322 g/mol. The molecular formula is C17H17N5O3. The molecule has 0 spiro atoms. The lowest BCUT2D eigenvalue weighted by Crippen LogP contribution is -2.24. The van der Waals surface area contributed by atoms with Gasteiger partial charge in [-0.1, -0.05) is 0 Å². The second kappa shape index (κ2) is 7.00. The molecule has 128 valence electrons. The van der Waals surface area contributed by atoms with Gasteiger partial charge in [0.15, 0.2) is 0 Å². The number of furan rings is 1. The van der Waals surface area contributed by atoms with Gasteiger partial charge in [0.1, 0.15) is 24.5 Å². The highest BCUT2D eigenvalue weighted by Gasteiger charge is 2.16. The Labute approximate surface area is 143 Å². The zero-order valence-corrected chi connectivity index (χ0v) is 13.8. The van der Waals surface area contributed by atoms with E-state index >= 15 is 0 Å². The first-order chi connectivity index (χ1) is 12.0. The molecule has 1 aromatic carbocycles. The molecule has 25 heavy (non-hydrogen) atoms. The van der Waals surface area contributed by atoms with Gasteiger partial charge in [0, 0.05) is 11.4 Å². The molecule has 1 unspecified atom stereocenters. The fourth-order valence-electron chi connectivity index (χ4n) is 2.24. The number of nitrogens with one attached hydrogen (secondary N) is 2. The molecule has 0 radical (unpaired) electrons. The molecule has 0 saturated heterocycles. The van der Waals surface area contributed by atoms with Gasteiger partial charge in [-0.25, -0.2) is 9.67 Å². The molecule has 2 amide bonds. The molecule has 8 nitrogen and oxygen atoms in total. The predicted octanol–water partition coefficient (Wildman–Crippen LogP) is 2.63. The molecule has 2 aromatic heterocycles. The summed E-state index contributed by atoms with van der Waals surface area (Å²) in [6, 6.07) is 7.98. The van der Waals surface area contributed by atoms with Gasteiger partial charge in [-0.2, -0.15) is 5.10 Å². The van der Waals surface area contributed by atoms with Crippen LogP contribution in [0.1, 0.15) is 29.1 Å². The van der Waals surface area contributed by atoms with E-state index in [-0.39, 0.29) is 11.8 Å². The minimum Gasteiger partial charge on any atom is -0.469 e. The summed E-state index contributed by atoms with van der Waals surface area (Å²) < 4.78 is 6.59. The molecule has 1 atom stereocenters. The summed E-state index contributed by atoms with van der Waals surface area (Å²) in [5.74, 6) is 0.0997. The summed E-state index contributed by atoms with van der Waals surface area (Å²) in [6.45, 7) is 3.45. The smallest absolute Gasteiger partial charge is 0.259 e. The highest BCUT2D eigenvalue weighted by molar-refractivity contribution is 6.05. The largest absolute Gasteiger partial charge is 0.469 e. The zero-order valence-electron chi connectivity index (χ0n) is 13.8. The molecule has 2 heterocycles. The van der Waals surface area contributed by atoms with Crippen molar-refractivity contribution in [2.24, 2.45) is 0 Å². The highest BCUT2D eigenvalue weighted by atomic mass is 16.3. The van der Waals surface area contributed by atoms with Crippen LogP contribution in [-0.2, 0) is 4.79 Å². The first-order valence-corrected chi connectivity index (χ1v) is 7.65. The van der Waals surface area contributed by atoms with E-state index in [1.54, 1.807) is 44.2 Å². The van der Waals surface area contributed by atoms with Gasteiger partial charge < -0.3 is 15.1 Å². The second-order valence-corrected chi connectivity index (χ2v) is 5.46. The van der Waals surface area contributed by atoms with Crippen LogP contribution in [0.3, 0.4) is 0 Å². The number of carbonyl (C=O) groups excluding carboxylic acids is 2. The van der Waals surface area contributed by atoms with Gasteiger partial charge >= 0.3 is 0 Å². The Balaban J connectivity index is 1.61. The number of aromatic nitrogens is 3. The quantitative estimate of drug-likeness (QED) is 0.744. The van der Waals surface area contributed by atoms with Crippen molar-refractivity contribution >= 4 is 23.2 Å². The van der Waals surface area contributed by atoms with Gasteiger partial charge in [-0.15, -0.1) is 0 Å². The Kier molecular flexibility index (Phi) is 4.60. The van der Waals surface area contributed by atoms with Gasteiger partial charge in [0.25, 0.3) is 5.91 Å². The van der Waals surface area contributed by atoms with Crippen LogP contribution in [0.25, 0.3) is 0 Å². The fraction of sp³-hybridized carbons (Fsp3) is 0.176. The van der Waals surface area contributed by atoms with Crippen molar-refractivity contribution < 1.29 is 14.0 Å². The predicted molar refractivity (Wildman–Crippen MR) is 91.2 cm³/mol. The number of carbonyl (C=O) groups is 2. The van der Waals surface area contributed by atoms with Crippen molar-refractivity contribution in [1.29, 1.82) is 0 Å². The van der Waals surface area contributed by atoms with Crippen LogP contribution in [-0.4, -0.2) is 26.6 Å². The maximum absolute atomic E-state index is 12.2. The maximum atomic E-state index is 12.2. The van der Waals surface area contributed by atoms with Gasteiger partial charge in [-0.3, -0.25) is 9.59 Å². The molecule has 3 aromatic rings. The number of benzene rings is 1. The summed E-state index contributed by atoms with van der Waals surface area (Å²) in [5, 5.41) is 9.52. The summed E-state index contributed by atoms with van der Waals surface area (Å²) in [6.07, 6.45) is 4.34. The van der Waals surface area contributed by atoms with Gasteiger partial charge in [-0.05, 0) is 44.2 Å². The Morgan fingerprint density at radius 1 is 1.12 bits per heavy atom. The number of amides is 2. The van der Waals surface area contributed by atoms with Crippen molar-refractivity contribution in [3.05, 3.63) is 60.6 Å². The molecule has 0 fully saturated rings. The molecule has 8 heteroatoms. The van der Waals surface area contributed by atoms with Crippen LogP contribution >= 0.6 is 0 Å². The first-order valence-electron chi connectivity index (χ1n) is 7.65. The van der Waals surface area contributed by atoms with E-state index in [4.69, 9.17) is 4.42 Å². The summed E-state index contributed by atoms with van der Waals surface area (Å²) in [4.78, 5) is 28.1. The average molecular weight is 339 g/mol. The van der Waals surface area contributed by atoms with Gasteiger partial charge in [0.2, 0.25) is 5.91 Å². The lowest BCUT2D eigenvalue weighted by Gasteiger charge is -2.12. The topological polar surface area (TPSA) is 102 Å². The minimum atomic E-state index is -0.481.